The number of aromatic nitrogens is 1. The molecule has 6 heteroatoms. The molecule has 0 atom stereocenters. The van der Waals surface area contributed by atoms with E-state index in [1.54, 1.807) is 42.3 Å². The molecule has 0 fully saturated rings. The zero-order valence-electron chi connectivity index (χ0n) is 13.8. The summed E-state index contributed by atoms with van der Waals surface area (Å²) < 4.78 is 0.870. The standard InChI is InChI=1S/C18H20BrN3O2/c1-3-4-11-22(2)18(24)16-10-6-9-15(21-16)17(23)20-14-8-5-7-13(19)12-14/h5-10,12H,3-4,11H2,1-2H3,(H,20,23). The van der Waals surface area contributed by atoms with Crippen molar-refractivity contribution in [1.82, 2.24) is 9.88 Å². The highest BCUT2D eigenvalue weighted by Crippen LogP contribution is 2.16. The second kappa shape index (κ2) is 8.59. The van der Waals surface area contributed by atoms with E-state index in [0.717, 1.165) is 17.3 Å². The summed E-state index contributed by atoms with van der Waals surface area (Å²) >= 11 is 3.36. The van der Waals surface area contributed by atoms with Crippen LogP contribution in [0.1, 0.15) is 40.7 Å². The Morgan fingerprint density at radius 2 is 1.88 bits per heavy atom. The zero-order chi connectivity index (χ0) is 17.5. The molecule has 24 heavy (non-hydrogen) atoms. The highest BCUT2D eigenvalue weighted by atomic mass is 79.9. The summed E-state index contributed by atoms with van der Waals surface area (Å²) in [6, 6.07) is 12.2. The van der Waals surface area contributed by atoms with Crippen molar-refractivity contribution >= 4 is 33.4 Å². The van der Waals surface area contributed by atoms with E-state index < -0.39 is 0 Å². The predicted octanol–water partition coefficient (Wildman–Crippen LogP) is 3.97. The van der Waals surface area contributed by atoms with Gasteiger partial charge >= 0.3 is 0 Å². The van der Waals surface area contributed by atoms with Crippen molar-refractivity contribution in [2.75, 3.05) is 18.9 Å². The molecule has 5 nitrogen and oxygen atoms in total. The molecule has 0 saturated heterocycles. The van der Waals surface area contributed by atoms with Gasteiger partial charge in [-0.25, -0.2) is 4.98 Å². The van der Waals surface area contributed by atoms with Gasteiger partial charge in [-0.15, -0.1) is 0 Å². The van der Waals surface area contributed by atoms with Crippen LogP contribution in [0.3, 0.4) is 0 Å². The SMILES string of the molecule is CCCCN(C)C(=O)c1cccc(C(=O)Nc2cccc(Br)c2)n1. The van der Waals surface area contributed by atoms with Crippen LogP contribution in [0.15, 0.2) is 46.9 Å². The number of hydrogen-bond donors (Lipinski definition) is 1. The van der Waals surface area contributed by atoms with E-state index in [1.807, 2.05) is 12.1 Å². The van der Waals surface area contributed by atoms with Crippen LogP contribution in [-0.2, 0) is 0 Å². The average molecular weight is 390 g/mol. The van der Waals surface area contributed by atoms with Crippen molar-refractivity contribution in [3.63, 3.8) is 0 Å². The van der Waals surface area contributed by atoms with Gasteiger partial charge in [-0.3, -0.25) is 9.59 Å². The van der Waals surface area contributed by atoms with E-state index in [-0.39, 0.29) is 23.2 Å². The molecule has 2 aromatic rings. The maximum absolute atomic E-state index is 12.4. The third-order valence-electron chi connectivity index (χ3n) is 3.48. The first-order chi connectivity index (χ1) is 11.5. The van der Waals surface area contributed by atoms with Crippen molar-refractivity contribution in [3.05, 3.63) is 58.3 Å². The van der Waals surface area contributed by atoms with Crippen LogP contribution in [0, 0.1) is 0 Å². The number of unbranched alkanes of at least 4 members (excludes halogenated alkanes) is 1. The Morgan fingerprint density at radius 1 is 1.17 bits per heavy atom. The van der Waals surface area contributed by atoms with E-state index in [9.17, 15) is 9.59 Å². The minimum atomic E-state index is -0.348. The molecule has 0 unspecified atom stereocenters. The Balaban J connectivity index is 2.11. The fourth-order valence-electron chi connectivity index (χ4n) is 2.13. The number of carbonyl (C=O) groups is 2. The second-order valence-electron chi connectivity index (χ2n) is 5.45. The monoisotopic (exact) mass is 389 g/mol. The molecule has 0 radical (unpaired) electrons. The summed E-state index contributed by atoms with van der Waals surface area (Å²) in [5.74, 6) is -0.528. The van der Waals surface area contributed by atoms with Crippen LogP contribution in [0.5, 0.6) is 0 Å². The Morgan fingerprint density at radius 3 is 2.58 bits per heavy atom. The van der Waals surface area contributed by atoms with Gasteiger partial charge in [0.25, 0.3) is 11.8 Å². The first kappa shape index (κ1) is 18.1. The lowest BCUT2D eigenvalue weighted by molar-refractivity contribution is 0.0787. The molecule has 126 valence electrons. The van der Waals surface area contributed by atoms with Crippen LogP contribution in [0.4, 0.5) is 5.69 Å². The molecule has 0 spiro atoms. The van der Waals surface area contributed by atoms with Crippen molar-refractivity contribution in [2.24, 2.45) is 0 Å². The van der Waals surface area contributed by atoms with Crippen LogP contribution < -0.4 is 5.32 Å². The number of carbonyl (C=O) groups excluding carboxylic acids is 2. The quantitative estimate of drug-likeness (QED) is 0.812. The van der Waals surface area contributed by atoms with E-state index in [4.69, 9.17) is 0 Å². The third kappa shape index (κ3) is 4.89. The number of hydrogen-bond acceptors (Lipinski definition) is 3. The number of halogens is 1. The topological polar surface area (TPSA) is 62.3 Å². The van der Waals surface area contributed by atoms with Gasteiger partial charge in [0.15, 0.2) is 0 Å². The molecule has 0 aliphatic rings. The number of amides is 2. The molecule has 1 heterocycles. The van der Waals surface area contributed by atoms with E-state index in [1.165, 1.54) is 0 Å². The number of pyridine rings is 1. The fraction of sp³-hybridized carbons (Fsp3) is 0.278. The second-order valence-corrected chi connectivity index (χ2v) is 6.37. The summed E-state index contributed by atoms with van der Waals surface area (Å²) in [6.45, 7) is 2.74. The smallest absolute Gasteiger partial charge is 0.274 e. The van der Waals surface area contributed by atoms with Crippen LogP contribution >= 0.6 is 15.9 Å². The van der Waals surface area contributed by atoms with Crippen molar-refractivity contribution in [1.29, 1.82) is 0 Å². The first-order valence-corrected chi connectivity index (χ1v) is 8.60. The molecule has 0 aliphatic carbocycles. The maximum atomic E-state index is 12.4. The lowest BCUT2D eigenvalue weighted by atomic mass is 10.2. The van der Waals surface area contributed by atoms with Gasteiger partial charge in [0.1, 0.15) is 11.4 Å². The number of nitrogens with zero attached hydrogens (tertiary/aromatic N) is 2. The lowest BCUT2D eigenvalue weighted by Crippen LogP contribution is -2.29. The van der Waals surface area contributed by atoms with Gasteiger partial charge in [-0.1, -0.05) is 41.4 Å². The fourth-order valence-corrected chi connectivity index (χ4v) is 2.53. The molecule has 1 N–H and O–H groups in total. The van der Waals surface area contributed by atoms with Gasteiger partial charge < -0.3 is 10.2 Å². The molecule has 0 saturated carbocycles. The van der Waals surface area contributed by atoms with Gasteiger partial charge in [0, 0.05) is 23.8 Å². The Hall–Kier alpha value is -2.21. The van der Waals surface area contributed by atoms with Gasteiger partial charge in [-0.05, 0) is 36.8 Å². The molecule has 1 aromatic heterocycles. The number of anilines is 1. The molecule has 0 aliphatic heterocycles. The van der Waals surface area contributed by atoms with Gasteiger partial charge in [-0.2, -0.15) is 0 Å². The average Bonchev–Trinajstić information content (AvgIpc) is 2.59. The highest BCUT2D eigenvalue weighted by molar-refractivity contribution is 9.10. The summed E-state index contributed by atoms with van der Waals surface area (Å²) in [5.41, 5.74) is 1.15. The first-order valence-electron chi connectivity index (χ1n) is 7.80. The minimum absolute atomic E-state index is 0.180. The number of benzene rings is 1. The molecule has 0 bridgehead atoms. The van der Waals surface area contributed by atoms with Crippen LogP contribution in [-0.4, -0.2) is 35.3 Å². The Kier molecular flexibility index (Phi) is 6.49. The van der Waals surface area contributed by atoms with Gasteiger partial charge in [0.2, 0.25) is 0 Å². The number of rotatable bonds is 6. The largest absolute Gasteiger partial charge is 0.340 e. The summed E-state index contributed by atoms with van der Waals surface area (Å²) in [4.78, 5) is 30.5. The van der Waals surface area contributed by atoms with Crippen LogP contribution in [0.25, 0.3) is 0 Å². The third-order valence-corrected chi connectivity index (χ3v) is 3.97. The zero-order valence-corrected chi connectivity index (χ0v) is 15.3. The van der Waals surface area contributed by atoms with Crippen molar-refractivity contribution < 1.29 is 9.59 Å². The minimum Gasteiger partial charge on any atom is -0.340 e. The molecule has 1 aromatic carbocycles. The normalized spacial score (nSPS) is 10.3. The van der Waals surface area contributed by atoms with Crippen molar-refractivity contribution in [3.8, 4) is 0 Å². The maximum Gasteiger partial charge on any atom is 0.274 e. The van der Waals surface area contributed by atoms with Crippen molar-refractivity contribution in [2.45, 2.75) is 19.8 Å². The molecule has 2 rings (SSSR count). The summed E-state index contributed by atoms with van der Waals surface area (Å²) in [5, 5.41) is 2.77. The Labute approximate surface area is 150 Å². The lowest BCUT2D eigenvalue weighted by Gasteiger charge is -2.16. The van der Waals surface area contributed by atoms with E-state index in [0.29, 0.717) is 12.2 Å². The number of nitrogens with one attached hydrogen (secondary N) is 1. The van der Waals surface area contributed by atoms with E-state index >= 15 is 0 Å². The van der Waals surface area contributed by atoms with E-state index in [2.05, 4.69) is 33.2 Å². The summed E-state index contributed by atoms with van der Waals surface area (Å²) in [7, 11) is 1.74. The Bertz CT molecular complexity index is 734. The highest BCUT2D eigenvalue weighted by Gasteiger charge is 2.15. The van der Waals surface area contributed by atoms with Gasteiger partial charge in [0.05, 0.1) is 0 Å². The summed E-state index contributed by atoms with van der Waals surface area (Å²) in [6.07, 6.45) is 1.95. The molecular weight excluding hydrogens is 370 g/mol. The predicted molar refractivity (Wildman–Crippen MR) is 98.2 cm³/mol. The molecule has 2 amide bonds. The van der Waals surface area contributed by atoms with Crippen LogP contribution in [0.2, 0.25) is 0 Å². The molecular formula is C18H20BrN3O2.